The molecule has 0 bridgehead atoms. The predicted molar refractivity (Wildman–Crippen MR) is 78.5 cm³/mol. The van der Waals surface area contributed by atoms with E-state index in [4.69, 9.17) is 22.6 Å². The van der Waals surface area contributed by atoms with Crippen molar-refractivity contribution in [2.45, 2.75) is 6.54 Å². The molecule has 2 aromatic carbocycles. The van der Waals surface area contributed by atoms with Crippen LogP contribution >= 0.6 is 11.6 Å². The molecule has 4 nitrogen and oxygen atoms in total. The zero-order valence-corrected chi connectivity index (χ0v) is 11.3. The van der Waals surface area contributed by atoms with Crippen molar-refractivity contribution in [3.63, 3.8) is 0 Å². The normalized spacial score (nSPS) is 9.85. The highest BCUT2D eigenvalue weighted by molar-refractivity contribution is 6.31. The maximum Gasteiger partial charge on any atom is 0.255 e. The Hall–Kier alpha value is -2.35. The van der Waals surface area contributed by atoms with Crippen LogP contribution in [0.15, 0.2) is 42.5 Å². The zero-order chi connectivity index (χ0) is 14.5. The average molecular weight is 286 g/mol. The standard InChI is InChI=1S/C15H12ClN3O/c16-14-6-5-13(7-12(14)9-18)19-15(20)11-3-1-10(8-17)2-4-11/h1-7H,8,17H2,(H,19,20). The van der Waals surface area contributed by atoms with Gasteiger partial charge in [0.1, 0.15) is 6.07 Å². The second-order valence-electron chi connectivity index (χ2n) is 4.16. The molecule has 0 atom stereocenters. The van der Waals surface area contributed by atoms with Crippen molar-refractivity contribution in [3.05, 3.63) is 64.2 Å². The number of nitrogens with zero attached hydrogens (tertiary/aromatic N) is 1. The molecule has 0 aliphatic rings. The molecule has 100 valence electrons. The molecule has 0 heterocycles. The van der Waals surface area contributed by atoms with E-state index in [1.807, 2.05) is 6.07 Å². The van der Waals surface area contributed by atoms with Crippen LogP contribution < -0.4 is 11.1 Å². The molecule has 2 rings (SSSR count). The molecule has 0 fully saturated rings. The SMILES string of the molecule is N#Cc1cc(NC(=O)c2ccc(CN)cc2)ccc1Cl. The van der Waals surface area contributed by atoms with Crippen LogP contribution in [0.2, 0.25) is 5.02 Å². The Bertz CT molecular complexity index is 675. The number of carbonyl (C=O) groups excluding carboxylic acids is 1. The number of nitrogens with one attached hydrogen (secondary N) is 1. The summed E-state index contributed by atoms with van der Waals surface area (Å²) in [5, 5.41) is 12.0. The van der Waals surface area contributed by atoms with Crippen molar-refractivity contribution in [2.75, 3.05) is 5.32 Å². The van der Waals surface area contributed by atoms with Crippen LogP contribution in [-0.2, 0) is 6.54 Å². The molecule has 0 saturated carbocycles. The van der Waals surface area contributed by atoms with E-state index in [0.717, 1.165) is 5.56 Å². The quantitative estimate of drug-likeness (QED) is 0.910. The Morgan fingerprint density at radius 1 is 1.25 bits per heavy atom. The first-order valence-corrected chi connectivity index (χ1v) is 6.32. The number of benzene rings is 2. The number of amides is 1. The lowest BCUT2D eigenvalue weighted by molar-refractivity contribution is 0.102. The lowest BCUT2D eigenvalue weighted by atomic mass is 10.1. The molecular weight excluding hydrogens is 274 g/mol. The lowest BCUT2D eigenvalue weighted by Gasteiger charge is -2.07. The van der Waals surface area contributed by atoms with Gasteiger partial charge in [-0.3, -0.25) is 4.79 Å². The molecule has 0 aliphatic heterocycles. The fraction of sp³-hybridized carbons (Fsp3) is 0.0667. The molecule has 0 radical (unpaired) electrons. The largest absolute Gasteiger partial charge is 0.326 e. The molecule has 1 amide bonds. The summed E-state index contributed by atoms with van der Waals surface area (Å²) in [6, 6.07) is 13.7. The van der Waals surface area contributed by atoms with E-state index in [0.29, 0.717) is 28.4 Å². The van der Waals surface area contributed by atoms with Crippen LogP contribution in [-0.4, -0.2) is 5.91 Å². The van der Waals surface area contributed by atoms with Gasteiger partial charge in [0.15, 0.2) is 0 Å². The van der Waals surface area contributed by atoms with E-state index in [1.54, 1.807) is 36.4 Å². The molecule has 0 aliphatic carbocycles. The summed E-state index contributed by atoms with van der Waals surface area (Å²) in [5.74, 6) is -0.250. The Labute approximate surface area is 121 Å². The van der Waals surface area contributed by atoms with Gasteiger partial charge in [0.25, 0.3) is 5.91 Å². The van der Waals surface area contributed by atoms with Gasteiger partial charge in [-0.1, -0.05) is 23.7 Å². The highest BCUT2D eigenvalue weighted by atomic mass is 35.5. The van der Waals surface area contributed by atoms with Crippen LogP contribution in [0.3, 0.4) is 0 Å². The molecule has 5 heteroatoms. The first kappa shape index (κ1) is 14.1. The molecule has 0 saturated heterocycles. The van der Waals surface area contributed by atoms with Crippen molar-refractivity contribution in [3.8, 4) is 6.07 Å². The summed E-state index contributed by atoms with van der Waals surface area (Å²) in [7, 11) is 0. The monoisotopic (exact) mass is 285 g/mol. The van der Waals surface area contributed by atoms with Gasteiger partial charge in [-0.25, -0.2) is 0 Å². The van der Waals surface area contributed by atoms with Crippen molar-refractivity contribution in [2.24, 2.45) is 5.73 Å². The maximum atomic E-state index is 12.0. The summed E-state index contributed by atoms with van der Waals surface area (Å²) in [6.45, 7) is 0.435. The fourth-order valence-electron chi connectivity index (χ4n) is 1.68. The van der Waals surface area contributed by atoms with Crippen molar-refractivity contribution in [1.82, 2.24) is 0 Å². The predicted octanol–water partition coefficient (Wildman–Crippen LogP) is 2.92. The molecule has 0 aromatic heterocycles. The summed E-state index contributed by atoms with van der Waals surface area (Å²) >= 11 is 5.84. The van der Waals surface area contributed by atoms with E-state index in [2.05, 4.69) is 5.32 Å². The van der Waals surface area contributed by atoms with Crippen LogP contribution in [0.25, 0.3) is 0 Å². The Morgan fingerprint density at radius 2 is 1.95 bits per heavy atom. The number of hydrogen-bond acceptors (Lipinski definition) is 3. The van der Waals surface area contributed by atoms with Gasteiger partial charge in [-0.2, -0.15) is 5.26 Å². The number of hydrogen-bond donors (Lipinski definition) is 2. The van der Waals surface area contributed by atoms with Gasteiger partial charge in [-0.05, 0) is 35.9 Å². The van der Waals surface area contributed by atoms with Crippen molar-refractivity contribution >= 4 is 23.2 Å². The third-order valence-electron chi connectivity index (χ3n) is 2.80. The van der Waals surface area contributed by atoms with Gasteiger partial charge >= 0.3 is 0 Å². The summed E-state index contributed by atoms with van der Waals surface area (Å²) in [4.78, 5) is 12.0. The Morgan fingerprint density at radius 3 is 2.55 bits per heavy atom. The van der Waals surface area contributed by atoms with Gasteiger partial charge < -0.3 is 11.1 Å². The minimum Gasteiger partial charge on any atom is -0.326 e. The molecule has 20 heavy (non-hydrogen) atoms. The molecule has 0 spiro atoms. The first-order chi connectivity index (χ1) is 9.63. The molecule has 0 unspecified atom stereocenters. The van der Waals surface area contributed by atoms with Crippen LogP contribution in [0.1, 0.15) is 21.5 Å². The van der Waals surface area contributed by atoms with Gasteiger partial charge in [0.2, 0.25) is 0 Å². The van der Waals surface area contributed by atoms with Crippen molar-refractivity contribution < 1.29 is 4.79 Å². The third-order valence-corrected chi connectivity index (χ3v) is 3.13. The fourth-order valence-corrected chi connectivity index (χ4v) is 1.84. The second-order valence-corrected chi connectivity index (χ2v) is 4.57. The van der Waals surface area contributed by atoms with Gasteiger partial charge in [0, 0.05) is 17.8 Å². The number of carbonyl (C=O) groups is 1. The topological polar surface area (TPSA) is 78.9 Å². The number of rotatable bonds is 3. The Kier molecular flexibility index (Phi) is 4.36. The van der Waals surface area contributed by atoms with E-state index in [9.17, 15) is 4.79 Å². The minimum absolute atomic E-state index is 0.250. The van der Waals surface area contributed by atoms with Gasteiger partial charge in [-0.15, -0.1) is 0 Å². The highest BCUT2D eigenvalue weighted by Crippen LogP contribution is 2.20. The van der Waals surface area contributed by atoms with Gasteiger partial charge in [0.05, 0.1) is 10.6 Å². The van der Waals surface area contributed by atoms with E-state index in [1.165, 1.54) is 6.07 Å². The first-order valence-electron chi connectivity index (χ1n) is 5.94. The molecule has 2 aromatic rings. The number of halogens is 1. The van der Waals surface area contributed by atoms with Crippen LogP contribution in [0.5, 0.6) is 0 Å². The highest BCUT2D eigenvalue weighted by Gasteiger charge is 2.07. The summed E-state index contributed by atoms with van der Waals surface area (Å²) in [5.41, 5.74) is 7.83. The number of anilines is 1. The van der Waals surface area contributed by atoms with Crippen LogP contribution in [0, 0.1) is 11.3 Å². The smallest absolute Gasteiger partial charge is 0.255 e. The summed E-state index contributed by atoms with van der Waals surface area (Å²) < 4.78 is 0. The third kappa shape index (κ3) is 3.15. The van der Waals surface area contributed by atoms with E-state index in [-0.39, 0.29) is 5.91 Å². The number of nitrogens with two attached hydrogens (primary N) is 1. The average Bonchev–Trinajstić information content (AvgIpc) is 2.49. The molecule has 3 N–H and O–H groups in total. The molecular formula is C15H12ClN3O. The number of nitriles is 1. The van der Waals surface area contributed by atoms with E-state index < -0.39 is 0 Å². The second kappa shape index (κ2) is 6.20. The van der Waals surface area contributed by atoms with E-state index >= 15 is 0 Å². The minimum atomic E-state index is -0.250. The maximum absolute atomic E-state index is 12.0. The van der Waals surface area contributed by atoms with Crippen molar-refractivity contribution in [1.29, 1.82) is 5.26 Å². The Balaban J connectivity index is 2.17. The summed E-state index contributed by atoms with van der Waals surface area (Å²) in [6.07, 6.45) is 0. The van der Waals surface area contributed by atoms with Crippen LogP contribution in [0.4, 0.5) is 5.69 Å². The zero-order valence-electron chi connectivity index (χ0n) is 10.6. The lowest BCUT2D eigenvalue weighted by Crippen LogP contribution is -2.12.